The second kappa shape index (κ2) is 4.53. The standard InChI is InChI=1S/C18H14Br2O/c19-18(20)15(13-7-2-1-3-8-13)17(18)11-10-12-6-4-5-9-14(12)16(17)21/h1-9,15H,10-11H2/t15-,17+/m1/s1. The molecular formula is C18H14Br2O. The van der Waals surface area contributed by atoms with Crippen LogP contribution in [0.15, 0.2) is 54.6 Å². The highest BCUT2D eigenvalue weighted by Crippen LogP contribution is 2.79. The fourth-order valence-electron chi connectivity index (χ4n) is 3.84. The topological polar surface area (TPSA) is 17.1 Å². The summed E-state index contributed by atoms with van der Waals surface area (Å²) in [5.41, 5.74) is 2.94. The Bertz CT molecular complexity index is 723. The highest BCUT2D eigenvalue weighted by atomic mass is 79.9. The second-order valence-electron chi connectivity index (χ2n) is 5.92. The molecule has 0 bridgehead atoms. The quantitative estimate of drug-likeness (QED) is 0.604. The molecule has 106 valence electrons. The van der Waals surface area contributed by atoms with Crippen molar-refractivity contribution >= 4 is 37.6 Å². The number of carbonyl (C=O) groups is 1. The Kier molecular flexibility index (Phi) is 2.96. The largest absolute Gasteiger partial charge is 0.293 e. The molecule has 1 nitrogen and oxygen atoms in total. The van der Waals surface area contributed by atoms with E-state index < -0.39 is 0 Å². The van der Waals surface area contributed by atoms with E-state index in [9.17, 15) is 4.79 Å². The molecule has 2 aliphatic rings. The molecule has 0 aliphatic heterocycles. The van der Waals surface area contributed by atoms with Gasteiger partial charge in [0, 0.05) is 11.5 Å². The van der Waals surface area contributed by atoms with E-state index in [-0.39, 0.29) is 20.3 Å². The van der Waals surface area contributed by atoms with E-state index in [1.807, 2.05) is 36.4 Å². The van der Waals surface area contributed by atoms with Gasteiger partial charge in [-0.05, 0) is 24.0 Å². The van der Waals surface area contributed by atoms with E-state index in [1.165, 1.54) is 11.1 Å². The van der Waals surface area contributed by atoms with Crippen LogP contribution in [0.25, 0.3) is 0 Å². The minimum absolute atomic E-state index is 0.187. The van der Waals surface area contributed by atoms with E-state index in [0.717, 1.165) is 18.4 Å². The molecule has 21 heavy (non-hydrogen) atoms. The number of hydrogen-bond donors (Lipinski definition) is 0. The molecule has 2 aliphatic carbocycles. The van der Waals surface area contributed by atoms with E-state index in [4.69, 9.17) is 0 Å². The van der Waals surface area contributed by atoms with E-state index in [2.05, 4.69) is 50.1 Å². The van der Waals surface area contributed by atoms with Crippen LogP contribution in [0, 0.1) is 5.41 Å². The van der Waals surface area contributed by atoms with Crippen LogP contribution in [-0.2, 0) is 6.42 Å². The number of carbonyl (C=O) groups excluding carboxylic acids is 1. The normalized spacial score (nSPS) is 29.2. The number of aryl methyl sites for hydroxylation is 1. The Morgan fingerprint density at radius 1 is 0.952 bits per heavy atom. The smallest absolute Gasteiger partial charge is 0.172 e. The van der Waals surface area contributed by atoms with Crippen molar-refractivity contribution in [2.24, 2.45) is 5.41 Å². The van der Waals surface area contributed by atoms with Crippen LogP contribution in [0.2, 0.25) is 0 Å². The van der Waals surface area contributed by atoms with Crippen molar-refractivity contribution in [1.29, 1.82) is 0 Å². The van der Waals surface area contributed by atoms with Crippen molar-refractivity contribution in [3.05, 3.63) is 71.3 Å². The van der Waals surface area contributed by atoms with Gasteiger partial charge in [-0.1, -0.05) is 86.5 Å². The summed E-state index contributed by atoms with van der Waals surface area (Å²) in [4.78, 5) is 13.1. The third kappa shape index (κ3) is 1.71. The van der Waals surface area contributed by atoms with Crippen molar-refractivity contribution in [3.8, 4) is 0 Å². The number of benzene rings is 2. The number of rotatable bonds is 1. The van der Waals surface area contributed by atoms with Crippen LogP contribution < -0.4 is 0 Å². The lowest BCUT2D eigenvalue weighted by atomic mass is 9.78. The summed E-state index contributed by atoms with van der Waals surface area (Å²) in [6.45, 7) is 0. The number of alkyl halides is 2. The summed E-state index contributed by atoms with van der Waals surface area (Å²) >= 11 is 7.59. The van der Waals surface area contributed by atoms with Crippen LogP contribution in [-0.4, -0.2) is 9.02 Å². The molecule has 2 atom stereocenters. The fourth-order valence-corrected chi connectivity index (χ4v) is 6.13. The maximum atomic E-state index is 13.1. The summed E-state index contributed by atoms with van der Waals surface area (Å²) in [7, 11) is 0. The molecule has 0 amide bonds. The zero-order valence-electron chi connectivity index (χ0n) is 11.4. The first-order valence-corrected chi connectivity index (χ1v) is 8.73. The van der Waals surface area contributed by atoms with Gasteiger partial charge in [0.2, 0.25) is 0 Å². The molecule has 2 aromatic carbocycles. The maximum Gasteiger partial charge on any atom is 0.172 e. The molecule has 0 heterocycles. The van der Waals surface area contributed by atoms with Gasteiger partial charge in [-0.25, -0.2) is 0 Å². The number of fused-ring (bicyclic) bond motifs is 1. The first kappa shape index (κ1) is 13.7. The van der Waals surface area contributed by atoms with E-state index in [0.29, 0.717) is 0 Å². The molecule has 1 saturated carbocycles. The lowest BCUT2D eigenvalue weighted by Gasteiger charge is -2.25. The number of halogens is 2. The van der Waals surface area contributed by atoms with Gasteiger partial charge in [0.25, 0.3) is 0 Å². The third-order valence-corrected chi connectivity index (χ3v) is 7.29. The van der Waals surface area contributed by atoms with Crippen molar-refractivity contribution in [1.82, 2.24) is 0 Å². The molecule has 0 aromatic heterocycles. The Hall–Kier alpha value is -0.930. The SMILES string of the molecule is O=C1c2ccccc2CC[C@]12[C@@H](c1ccccc1)C2(Br)Br. The zero-order chi connectivity index (χ0) is 14.7. The lowest BCUT2D eigenvalue weighted by molar-refractivity contribution is 0.0875. The first-order chi connectivity index (χ1) is 10.1. The van der Waals surface area contributed by atoms with E-state index in [1.54, 1.807) is 0 Å². The van der Waals surface area contributed by atoms with Gasteiger partial charge in [-0.2, -0.15) is 0 Å². The Morgan fingerprint density at radius 2 is 1.62 bits per heavy atom. The van der Waals surface area contributed by atoms with Crippen molar-refractivity contribution < 1.29 is 4.79 Å². The lowest BCUT2D eigenvalue weighted by Crippen LogP contribution is -2.28. The van der Waals surface area contributed by atoms with E-state index >= 15 is 0 Å². The van der Waals surface area contributed by atoms with Crippen molar-refractivity contribution in [3.63, 3.8) is 0 Å². The van der Waals surface area contributed by atoms with Crippen LogP contribution in [0.4, 0.5) is 0 Å². The maximum absolute atomic E-state index is 13.1. The van der Waals surface area contributed by atoms with Gasteiger partial charge in [-0.3, -0.25) is 4.79 Å². The zero-order valence-corrected chi connectivity index (χ0v) is 14.5. The highest BCUT2D eigenvalue weighted by molar-refractivity contribution is 9.25. The molecule has 0 saturated heterocycles. The van der Waals surface area contributed by atoms with Gasteiger partial charge in [0.15, 0.2) is 5.78 Å². The van der Waals surface area contributed by atoms with Crippen molar-refractivity contribution in [2.75, 3.05) is 0 Å². The molecule has 1 spiro atoms. The predicted molar refractivity (Wildman–Crippen MR) is 91.3 cm³/mol. The Balaban J connectivity index is 1.82. The second-order valence-corrected chi connectivity index (χ2v) is 9.49. The van der Waals surface area contributed by atoms with Crippen LogP contribution in [0.1, 0.15) is 33.8 Å². The highest BCUT2D eigenvalue weighted by Gasteiger charge is 2.78. The summed E-state index contributed by atoms with van der Waals surface area (Å²) in [6, 6.07) is 18.3. The first-order valence-electron chi connectivity index (χ1n) is 7.14. The molecule has 0 radical (unpaired) electrons. The van der Waals surface area contributed by atoms with Crippen LogP contribution >= 0.6 is 31.9 Å². The Morgan fingerprint density at radius 3 is 2.38 bits per heavy atom. The molecule has 0 N–H and O–H groups in total. The number of ketones is 1. The molecule has 2 aromatic rings. The summed E-state index contributed by atoms with van der Waals surface area (Å²) < 4.78 is -0.320. The predicted octanol–water partition coefficient (Wildman–Crippen LogP) is 5.09. The third-order valence-electron chi connectivity index (χ3n) is 4.96. The molecule has 1 fully saturated rings. The molecule has 0 unspecified atom stereocenters. The minimum atomic E-state index is -0.358. The number of hydrogen-bond acceptors (Lipinski definition) is 1. The molecule has 3 heteroatoms. The average molecular weight is 406 g/mol. The summed E-state index contributed by atoms with van der Waals surface area (Å²) in [5, 5.41) is 0. The summed E-state index contributed by atoms with van der Waals surface area (Å²) in [5.74, 6) is 0.457. The van der Waals surface area contributed by atoms with Gasteiger partial charge < -0.3 is 0 Å². The monoisotopic (exact) mass is 404 g/mol. The Labute approximate surface area is 141 Å². The van der Waals surface area contributed by atoms with Gasteiger partial charge in [0.05, 0.1) is 5.41 Å². The number of Topliss-reactive ketones (excluding diaryl/α,β-unsaturated/α-hetero) is 1. The van der Waals surface area contributed by atoms with Gasteiger partial charge in [-0.15, -0.1) is 0 Å². The van der Waals surface area contributed by atoms with Gasteiger partial charge >= 0.3 is 0 Å². The average Bonchev–Trinajstić information content (AvgIpc) is 3.01. The van der Waals surface area contributed by atoms with Gasteiger partial charge in [0.1, 0.15) is 3.23 Å². The molecule has 4 rings (SSSR count). The van der Waals surface area contributed by atoms with Crippen molar-refractivity contribution in [2.45, 2.75) is 22.0 Å². The summed E-state index contributed by atoms with van der Waals surface area (Å²) in [6.07, 6.45) is 1.85. The molecular weight excluding hydrogens is 392 g/mol. The minimum Gasteiger partial charge on any atom is -0.293 e. The van der Waals surface area contributed by atoms with Crippen LogP contribution in [0.5, 0.6) is 0 Å². The fraction of sp³-hybridized carbons (Fsp3) is 0.278. The van der Waals surface area contributed by atoms with Crippen LogP contribution in [0.3, 0.4) is 0 Å².